The molecule has 1 rings (SSSR count). The van der Waals surface area contributed by atoms with Crippen LogP contribution in [-0.4, -0.2) is 18.0 Å². The van der Waals surface area contributed by atoms with E-state index in [9.17, 15) is 0 Å². The fraction of sp³-hybridized carbons (Fsp3) is 0.429. The second-order valence-electron chi connectivity index (χ2n) is 3.87. The van der Waals surface area contributed by atoms with Crippen molar-refractivity contribution in [2.24, 2.45) is 0 Å². The Balaban J connectivity index is 2.76. The van der Waals surface area contributed by atoms with Crippen LogP contribution in [0, 0.1) is 0 Å². The van der Waals surface area contributed by atoms with Gasteiger partial charge < -0.3 is 4.42 Å². The summed E-state index contributed by atoms with van der Waals surface area (Å²) in [6, 6.07) is 2.02. The molecule has 0 saturated heterocycles. The molecule has 2 nitrogen and oxygen atoms in total. The first kappa shape index (κ1) is 12.8. The quantitative estimate of drug-likeness (QED) is 0.650. The van der Waals surface area contributed by atoms with Crippen LogP contribution < -0.4 is 0 Å². The zero-order chi connectivity index (χ0) is 12.0. The summed E-state index contributed by atoms with van der Waals surface area (Å²) in [5.74, 6) is 0.865. The SMILES string of the molecule is C=CC(=C)c1occc1CN(CC)CCC. The molecule has 0 unspecified atom stereocenters. The second kappa shape index (κ2) is 6.33. The van der Waals surface area contributed by atoms with Crippen molar-refractivity contribution >= 4 is 5.57 Å². The molecule has 88 valence electrons. The van der Waals surface area contributed by atoms with Crippen LogP contribution in [0.4, 0.5) is 0 Å². The third kappa shape index (κ3) is 3.11. The largest absolute Gasteiger partial charge is 0.464 e. The summed E-state index contributed by atoms with van der Waals surface area (Å²) in [7, 11) is 0. The summed E-state index contributed by atoms with van der Waals surface area (Å²) in [6.07, 6.45) is 4.63. The minimum absolute atomic E-state index is 0.854. The number of nitrogens with zero attached hydrogens (tertiary/aromatic N) is 1. The molecule has 0 amide bonds. The van der Waals surface area contributed by atoms with Crippen molar-refractivity contribution in [3.63, 3.8) is 0 Å². The summed E-state index contributed by atoms with van der Waals surface area (Å²) < 4.78 is 5.44. The van der Waals surface area contributed by atoms with Gasteiger partial charge in [-0.3, -0.25) is 4.90 Å². The van der Waals surface area contributed by atoms with Gasteiger partial charge in [0, 0.05) is 17.7 Å². The van der Waals surface area contributed by atoms with Gasteiger partial charge in [-0.15, -0.1) is 0 Å². The zero-order valence-corrected chi connectivity index (χ0v) is 10.3. The fourth-order valence-electron chi connectivity index (χ4n) is 1.74. The Labute approximate surface area is 98.3 Å². The van der Waals surface area contributed by atoms with E-state index in [1.54, 1.807) is 12.3 Å². The van der Waals surface area contributed by atoms with E-state index < -0.39 is 0 Å². The van der Waals surface area contributed by atoms with Gasteiger partial charge in [-0.05, 0) is 25.6 Å². The predicted molar refractivity (Wildman–Crippen MR) is 69.2 cm³/mol. The number of hydrogen-bond donors (Lipinski definition) is 0. The molecule has 0 N–H and O–H groups in total. The average Bonchev–Trinajstić information content (AvgIpc) is 2.75. The molecule has 0 spiro atoms. The Hall–Kier alpha value is -1.28. The van der Waals surface area contributed by atoms with Crippen LogP contribution in [-0.2, 0) is 6.54 Å². The lowest BCUT2D eigenvalue weighted by Gasteiger charge is -2.19. The van der Waals surface area contributed by atoms with Gasteiger partial charge in [-0.2, -0.15) is 0 Å². The van der Waals surface area contributed by atoms with Crippen molar-refractivity contribution in [3.05, 3.63) is 42.9 Å². The molecule has 0 atom stereocenters. The van der Waals surface area contributed by atoms with E-state index in [0.29, 0.717) is 0 Å². The Kier molecular flexibility index (Phi) is 5.06. The molecule has 0 aliphatic heterocycles. The minimum Gasteiger partial charge on any atom is -0.464 e. The Morgan fingerprint density at radius 1 is 1.50 bits per heavy atom. The van der Waals surface area contributed by atoms with Gasteiger partial charge >= 0.3 is 0 Å². The van der Waals surface area contributed by atoms with E-state index in [1.165, 1.54) is 12.0 Å². The van der Waals surface area contributed by atoms with Crippen molar-refractivity contribution in [2.75, 3.05) is 13.1 Å². The highest BCUT2D eigenvalue weighted by molar-refractivity contribution is 5.69. The average molecular weight is 219 g/mol. The van der Waals surface area contributed by atoms with Crippen LogP contribution in [0.5, 0.6) is 0 Å². The number of furan rings is 1. The molecule has 0 aliphatic rings. The standard InChI is InChI=1S/C14H21NO/c1-5-9-15(7-3)11-13-8-10-16-14(13)12(4)6-2/h6,8,10H,2,4-5,7,9,11H2,1,3H3. The third-order valence-electron chi connectivity index (χ3n) is 2.67. The smallest absolute Gasteiger partial charge is 0.137 e. The Morgan fingerprint density at radius 2 is 2.25 bits per heavy atom. The van der Waals surface area contributed by atoms with Crippen LogP contribution in [0.15, 0.2) is 36.0 Å². The van der Waals surface area contributed by atoms with Crippen LogP contribution >= 0.6 is 0 Å². The first-order chi connectivity index (χ1) is 7.72. The maximum absolute atomic E-state index is 5.44. The second-order valence-corrected chi connectivity index (χ2v) is 3.87. The number of hydrogen-bond acceptors (Lipinski definition) is 2. The van der Waals surface area contributed by atoms with E-state index in [1.807, 2.05) is 6.07 Å². The fourth-order valence-corrected chi connectivity index (χ4v) is 1.74. The van der Waals surface area contributed by atoms with Gasteiger partial charge in [-0.25, -0.2) is 0 Å². The maximum Gasteiger partial charge on any atom is 0.137 e. The highest BCUT2D eigenvalue weighted by atomic mass is 16.3. The number of allylic oxidation sites excluding steroid dienone is 2. The first-order valence-corrected chi connectivity index (χ1v) is 5.83. The molecular weight excluding hydrogens is 198 g/mol. The molecule has 1 aromatic rings. The van der Waals surface area contributed by atoms with E-state index in [0.717, 1.165) is 31.0 Å². The summed E-state index contributed by atoms with van der Waals surface area (Å²) in [6.45, 7) is 15.1. The molecule has 16 heavy (non-hydrogen) atoms. The lowest BCUT2D eigenvalue weighted by Crippen LogP contribution is -2.23. The Bertz CT molecular complexity index is 351. The molecule has 0 aromatic carbocycles. The highest BCUT2D eigenvalue weighted by Crippen LogP contribution is 2.21. The van der Waals surface area contributed by atoms with Crippen LogP contribution in [0.1, 0.15) is 31.6 Å². The summed E-state index contributed by atoms with van der Waals surface area (Å²) in [5.41, 5.74) is 2.05. The molecule has 0 aliphatic carbocycles. The zero-order valence-electron chi connectivity index (χ0n) is 10.3. The lowest BCUT2D eigenvalue weighted by molar-refractivity contribution is 0.279. The van der Waals surface area contributed by atoms with E-state index in [-0.39, 0.29) is 0 Å². The van der Waals surface area contributed by atoms with Crippen molar-refractivity contribution < 1.29 is 4.42 Å². The molecule has 0 fully saturated rings. The third-order valence-corrected chi connectivity index (χ3v) is 2.67. The minimum atomic E-state index is 0.854. The van der Waals surface area contributed by atoms with Crippen molar-refractivity contribution in [2.45, 2.75) is 26.8 Å². The van der Waals surface area contributed by atoms with E-state index in [4.69, 9.17) is 4.42 Å². The van der Waals surface area contributed by atoms with Crippen LogP contribution in [0.2, 0.25) is 0 Å². The molecular formula is C14H21NO. The van der Waals surface area contributed by atoms with Gasteiger partial charge in [0.2, 0.25) is 0 Å². The normalized spacial score (nSPS) is 10.7. The summed E-state index contributed by atoms with van der Waals surface area (Å²) in [4.78, 5) is 2.39. The topological polar surface area (TPSA) is 16.4 Å². The molecule has 1 heterocycles. The molecule has 0 radical (unpaired) electrons. The van der Waals surface area contributed by atoms with Crippen molar-refractivity contribution in [3.8, 4) is 0 Å². The Morgan fingerprint density at radius 3 is 2.81 bits per heavy atom. The molecule has 2 heteroatoms. The maximum atomic E-state index is 5.44. The monoisotopic (exact) mass is 219 g/mol. The van der Waals surface area contributed by atoms with Gasteiger partial charge in [-0.1, -0.05) is 33.1 Å². The summed E-state index contributed by atoms with van der Waals surface area (Å²) >= 11 is 0. The highest BCUT2D eigenvalue weighted by Gasteiger charge is 2.10. The van der Waals surface area contributed by atoms with Crippen molar-refractivity contribution in [1.82, 2.24) is 4.90 Å². The van der Waals surface area contributed by atoms with Crippen molar-refractivity contribution in [1.29, 1.82) is 0 Å². The predicted octanol–water partition coefficient (Wildman–Crippen LogP) is 3.71. The lowest BCUT2D eigenvalue weighted by atomic mass is 10.1. The first-order valence-electron chi connectivity index (χ1n) is 5.83. The van der Waals surface area contributed by atoms with Crippen LogP contribution in [0.25, 0.3) is 5.57 Å². The van der Waals surface area contributed by atoms with Gasteiger partial charge in [0.15, 0.2) is 0 Å². The van der Waals surface area contributed by atoms with Gasteiger partial charge in [0.25, 0.3) is 0 Å². The van der Waals surface area contributed by atoms with Gasteiger partial charge in [0.05, 0.1) is 6.26 Å². The van der Waals surface area contributed by atoms with Crippen LogP contribution in [0.3, 0.4) is 0 Å². The molecule has 0 bridgehead atoms. The summed E-state index contributed by atoms with van der Waals surface area (Å²) in [5, 5.41) is 0. The van der Waals surface area contributed by atoms with Gasteiger partial charge in [0.1, 0.15) is 5.76 Å². The van der Waals surface area contributed by atoms with E-state index in [2.05, 4.69) is 31.9 Å². The molecule has 0 saturated carbocycles. The van der Waals surface area contributed by atoms with E-state index >= 15 is 0 Å². The molecule has 1 aromatic heterocycles. The number of rotatable bonds is 7.